The molecule has 1 heterocycles. The van der Waals surface area contributed by atoms with Gasteiger partial charge in [0.1, 0.15) is 12.1 Å². The van der Waals surface area contributed by atoms with Crippen molar-refractivity contribution >= 4 is 17.8 Å². The van der Waals surface area contributed by atoms with E-state index >= 15 is 0 Å². The number of carbonyl (C=O) groups excluding carboxylic acids is 3. The highest BCUT2D eigenvalue weighted by Crippen LogP contribution is 2.27. The third-order valence-electron chi connectivity index (χ3n) is 5.05. The summed E-state index contributed by atoms with van der Waals surface area (Å²) < 4.78 is 10.5. The van der Waals surface area contributed by atoms with E-state index in [1.807, 2.05) is 12.1 Å². The second-order valence-corrected chi connectivity index (χ2v) is 7.88. The maximum Gasteiger partial charge on any atom is 0.325 e. The van der Waals surface area contributed by atoms with E-state index in [0.29, 0.717) is 36.8 Å². The van der Waals surface area contributed by atoms with Gasteiger partial charge in [-0.15, -0.1) is 0 Å². The Balaban J connectivity index is 1.86. The monoisotopic (exact) mass is 405 g/mol. The summed E-state index contributed by atoms with van der Waals surface area (Å²) in [7, 11) is 3.14. The summed E-state index contributed by atoms with van der Waals surface area (Å²) in [5, 5.41) is 5.49. The highest BCUT2D eigenvalue weighted by molar-refractivity contribution is 6.08. The first kappa shape index (κ1) is 22.5. The van der Waals surface area contributed by atoms with Gasteiger partial charge in [-0.25, -0.2) is 4.79 Å². The second-order valence-electron chi connectivity index (χ2n) is 7.88. The summed E-state index contributed by atoms with van der Waals surface area (Å²) >= 11 is 0. The van der Waals surface area contributed by atoms with E-state index in [1.165, 1.54) is 0 Å². The van der Waals surface area contributed by atoms with Crippen LogP contribution >= 0.6 is 0 Å². The minimum absolute atomic E-state index is 0.284. The highest BCUT2D eigenvalue weighted by atomic mass is 16.5. The van der Waals surface area contributed by atoms with Gasteiger partial charge in [-0.05, 0) is 49.8 Å². The summed E-state index contributed by atoms with van der Waals surface area (Å²) in [5.74, 6) is 0.960. The summed E-state index contributed by atoms with van der Waals surface area (Å²) in [6.45, 7) is 5.93. The zero-order valence-corrected chi connectivity index (χ0v) is 17.8. The Hall–Kier alpha value is -2.77. The summed E-state index contributed by atoms with van der Waals surface area (Å²) in [6, 6.07) is 5.03. The van der Waals surface area contributed by atoms with E-state index in [2.05, 4.69) is 24.5 Å². The van der Waals surface area contributed by atoms with Crippen LogP contribution in [0, 0.1) is 5.92 Å². The van der Waals surface area contributed by atoms with E-state index in [9.17, 15) is 14.4 Å². The van der Waals surface area contributed by atoms with Crippen molar-refractivity contribution in [2.75, 3.05) is 27.3 Å². The van der Waals surface area contributed by atoms with E-state index in [-0.39, 0.29) is 18.4 Å². The lowest BCUT2D eigenvalue weighted by Crippen LogP contribution is -2.45. The van der Waals surface area contributed by atoms with Crippen LogP contribution in [0.4, 0.5) is 4.79 Å². The van der Waals surface area contributed by atoms with Crippen LogP contribution in [0.15, 0.2) is 18.2 Å². The molecular formula is C21H31N3O5. The van der Waals surface area contributed by atoms with Crippen LogP contribution in [-0.4, -0.2) is 55.6 Å². The van der Waals surface area contributed by atoms with Gasteiger partial charge in [0.15, 0.2) is 11.5 Å². The summed E-state index contributed by atoms with van der Waals surface area (Å²) in [5.41, 5.74) is 0.0283. The summed E-state index contributed by atoms with van der Waals surface area (Å²) in [4.78, 5) is 38.1. The maximum atomic E-state index is 12.6. The number of hydrogen-bond donors (Lipinski definition) is 2. The molecule has 1 atom stereocenters. The molecule has 2 rings (SSSR count). The largest absolute Gasteiger partial charge is 0.493 e. The zero-order valence-electron chi connectivity index (χ0n) is 17.8. The number of urea groups is 1. The minimum Gasteiger partial charge on any atom is -0.493 e. The normalized spacial score (nSPS) is 18.8. The molecule has 0 radical (unpaired) electrons. The third kappa shape index (κ3) is 5.62. The average molecular weight is 405 g/mol. The molecule has 0 aliphatic carbocycles. The Kier molecular flexibility index (Phi) is 7.47. The van der Waals surface area contributed by atoms with Crippen molar-refractivity contribution in [3.05, 3.63) is 23.8 Å². The molecule has 1 aliphatic rings. The van der Waals surface area contributed by atoms with Gasteiger partial charge in [-0.1, -0.05) is 19.9 Å². The molecule has 0 unspecified atom stereocenters. The van der Waals surface area contributed by atoms with Crippen LogP contribution in [0.3, 0.4) is 0 Å². The van der Waals surface area contributed by atoms with Gasteiger partial charge in [0.2, 0.25) is 5.91 Å². The standard InChI is InChI=1S/C21H31N3O5/c1-14(2)8-10-21(3)19(26)24(20(27)23-21)13-18(25)22-11-9-15-6-7-16(28-4)17(12-15)29-5/h6-7,12,14H,8-11,13H2,1-5H3,(H,22,25)(H,23,27)/t21-/m0/s1. The molecule has 4 amide bonds. The van der Waals surface area contributed by atoms with Crippen LogP contribution < -0.4 is 20.1 Å². The number of hydrogen-bond acceptors (Lipinski definition) is 5. The quantitative estimate of drug-likeness (QED) is 0.581. The predicted molar refractivity (Wildman–Crippen MR) is 109 cm³/mol. The van der Waals surface area contributed by atoms with Crippen molar-refractivity contribution in [2.45, 2.75) is 45.6 Å². The molecule has 0 spiro atoms. The van der Waals surface area contributed by atoms with Crippen molar-refractivity contribution in [2.24, 2.45) is 5.92 Å². The number of nitrogens with one attached hydrogen (secondary N) is 2. The molecule has 8 heteroatoms. The third-order valence-corrected chi connectivity index (χ3v) is 5.05. The van der Waals surface area contributed by atoms with Crippen molar-refractivity contribution in [1.29, 1.82) is 0 Å². The molecule has 1 aliphatic heterocycles. The second kappa shape index (κ2) is 9.62. The van der Waals surface area contributed by atoms with Crippen molar-refractivity contribution in [1.82, 2.24) is 15.5 Å². The Morgan fingerprint density at radius 1 is 1.21 bits per heavy atom. The van der Waals surface area contributed by atoms with Gasteiger partial charge in [0, 0.05) is 6.54 Å². The molecule has 160 valence electrons. The smallest absolute Gasteiger partial charge is 0.325 e. The maximum absolute atomic E-state index is 12.6. The van der Waals surface area contributed by atoms with Crippen molar-refractivity contribution in [3.8, 4) is 11.5 Å². The molecule has 8 nitrogen and oxygen atoms in total. The molecule has 29 heavy (non-hydrogen) atoms. The lowest BCUT2D eigenvalue weighted by Gasteiger charge is -2.22. The molecular weight excluding hydrogens is 374 g/mol. The molecule has 1 saturated heterocycles. The van der Waals surface area contributed by atoms with Gasteiger partial charge in [0.25, 0.3) is 5.91 Å². The number of amides is 4. The van der Waals surface area contributed by atoms with Gasteiger partial charge in [-0.3, -0.25) is 14.5 Å². The zero-order chi connectivity index (χ0) is 21.6. The minimum atomic E-state index is -0.943. The highest BCUT2D eigenvalue weighted by Gasteiger charge is 2.47. The Labute approximate surface area is 171 Å². The molecule has 0 aromatic heterocycles. The van der Waals surface area contributed by atoms with Gasteiger partial charge in [-0.2, -0.15) is 0 Å². The molecule has 0 bridgehead atoms. The molecule has 2 N–H and O–H groups in total. The summed E-state index contributed by atoms with van der Waals surface area (Å²) in [6.07, 6.45) is 1.94. The van der Waals surface area contributed by atoms with E-state index in [1.54, 1.807) is 27.2 Å². The van der Waals surface area contributed by atoms with E-state index in [4.69, 9.17) is 9.47 Å². The number of benzene rings is 1. The fourth-order valence-corrected chi connectivity index (χ4v) is 3.22. The van der Waals surface area contributed by atoms with Crippen molar-refractivity contribution < 1.29 is 23.9 Å². The lowest BCUT2D eigenvalue weighted by atomic mass is 9.92. The number of carbonyl (C=O) groups is 3. The van der Waals surface area contributed by atoms with Crippen LogP contribution in [0.2, 0.25) is 0 Å². The van der Waals surface area contributed by atoms with Crippen LogP contribution in [0.5, 0.6) is 11.5 Å². The van der Waals surface area contributed by atoms with Crippen LogP contribution in [0.25, 0.3) is 0 Å². The molecule has 0 saturated carbocycles. The molecule has 1 aromatic rings. The first-order valence-corrected chi connectivity index (χ1v) is 9.82. The van der Waals surface area contributed by atoms with Gasteiger partial charge >= 0.3 is 6.03 Å². The number of nitrogens with zero attached hydrogens (tertiary/aromatic N) is 1. The van der Waals surface area contributed by atoms with E-state index in [0.717, 1.165) is 16.9 Å². The lowest BCUT2D eigenvalue weighted by molar-refractivity contribution is -0.134. The fraction of sp³-hybridized carbons (Fsp3) is 0.571. The first-order valence-electron chi connectivity index (χ1n) is 9.82. The first-order chi connectivity index (χ1) is 13.7. The SMILES string of the molecule is COc1ccc(CCNC(=O)CN2C(=O)N[C@@](C)(CCC(C)C)C2=O)cc1OC. The van der Waals surface area contributed by atoms with E-state index < -0.39 is 11.6 Å². The number of ether oxygens (including phenoxy) is 2. The Morgan fingerprint density at radius 3 is 2.52 bits per heavy atom. The number of rotatable bonds is 10. The van der Waals surface area contributed by atoms with Gasteiger partial charge < -0.3 is 20.1 Å². The molecule has 1 aromatic carbocycles. The fourth-order valence-electron chi connectivity index (χ4n) is 3.22. The average Bonchev–Trinajstić information content (AvgIpc) is 2.89. The Morgan fingerprint density at radius 2 is 1.90 bits per heavy atom. The molecule has 1 fully saturated rings. The number of methoxy groups -OCH3 is 2. The van der Waals surface area contributed by atoms with Crippen LogP contribution in [0.1, 0.15) is 39.2 Å². The van der Waals surface area contributed by atoms with Crippen molar-refractivity contribution in [3.63, 3.8) is 0 Å². The Bertz CT molecular complexity index is 765. The number of imide groups is 1. The predicted octanol–water partition coefficient (Wildman–Crippen LogP) is 2.11. The topological polar surface area (TPSA) is 97.0 Å². The van der Waals surface area contributed by atoms with Gasteiger partial charge in [0.05, 0.1) is 14.2 Å². The van der Waals surface area contributed by atoms with Crippen LogP contribution in [-0.2, 0) is 16.0 Å².